The molecule has 1 unspecified atom stereocenters. The molecule has 0 spiro atoms. The maximum absolute atomic E-state index is 11.1. The van der Waals surface area contributed by atoms with Gasteiger partial charge in [-0.1, -0.05) is 18.2 Å². The number of benzene rings is 1. The number of hydrogen-bond acceptors (Lipinski definition) is 3. The lowest BCUT2D eigenvalue weighted by Gasteiger charge is -2.09. The Labute approximate surface area is 109 Å². The summed E-state index contributed by atoms with van der Waals surface area (Å²) in [7, 11) is 0. The van der Waals surface area contributed by atoms with Gasteiger partial charge in [0, 0.05) is 36.5 Å². The number of carbonyl (C=O) groups excluding carboxylic acids is 1. The van der Waals surface area contributed by atoms with E-state index in [0.717, 1.165) is 16.5 Å². The summed E-state index contributed by atoms with van der Waals surface area (Å²) in [5.41, 5.74) is 1.74. The minimum absolute atomic E-state index is 0.0932. The Morgan fingerprint density at radius 3 is 3.06 bits per heavy atom. The fourth-order valence-electron chi connectivity index (χ4n) is 2.23. The average molecular weight is 265 g/mol. The zero-order valence-electron chi connectivity index (χ0n) is 9.70. The number of para-hydroxylation sites is 1. The van der Waals surface area contributed by atoms with Gasteiger partial charge in [-0.25, -0.2) is 0 Å². The van der Waals surface area contributed by atoms with Crippen LogP contribution in [0.3, 0.4) is 0 Å². The summed E-state index contributed by atoms with van der Waals surface area (Å²) in [4.78, 5) is 11.1. The highest BCUT2D eigenvalue weighted by Crippen LogP contribution is 2.29. The molecule has 1 aromatic carbocycles. The van der Waals surface area contributed by atoms with Crippen LogP contribution in [0.25, 0.3) is 11.0 Å². The molecule has 1 saturated heterocycles. The molecule has 1 atom stereocenters. The first-order valence-corrected chi connectivity index (χ1v) is 6.28. The normalized spacial score (nSPS) is 19.4. The molecular weight excluding hydrogens is 252 g/mol. The lowest BCUT2D eigenvalue weighted by Crippen LogP contribution is -2.30. The third-order valence-corrected chi connectivity index (χ3v) is 3.50. The number of furan rings is 1. The highest BCUT2D eigenvalue weighted by molar-refractivity contribution is 6.30. The van der Waals surface area contributed by atoms with Crippen molar-refractivity contribution in [2.24, 2.45) is 0 Å². The van der Waals surface area contributed by atoms with Gasteiger partial charge in [-0.15, -0.1) is 0 Å². The number of carbonyl (C=O) groups is 1. The first kappa shape index (κ1) is 11.6. The Bertz CT molecular complexity index is 594. The molecular formula is C13H13ClN2O2. The zero-order valence-corrected chi connectivity index (χ0v) is 10.5. The van der Waals surface area contributed by atoms with Gasteiger partial charge in [0.15, 0.2) is 5.22 Å². The van der Waals surface area contributed by atoms with Gasteiger partial charge in [-0.05, 0) is 17.7 Å². The third-order valence-electron chi connectivity index (χ3n) is 3.19. The number of rotatable bonds is 3. The molecule has 1 aliphatic rings. The van der Waals surface area contributed by atoms with Crippen molar-refractivity contribution < 1.29 is 9.21 Å². The van der Waals surface area contributed by atoms with Crippen molar-refractivity contribution in [1.29, 1.82) is 0 Å². The summed E-state index contributed by atoms with van der Waals surface area (Å²) in [6, 6.07) is 7.92. The van der Waals surface area contributed by atoms with E-state index in [1.807, 2.05) is 24.3 Å². The van der Waals surface area contributed by atoms with E-state index >= 15 is 0 Å². The summed E-state index contributed by atoms with van der Waals surface area (Å²) in [6.45, 7) is 1.28. The van der Waals surface area contributed by atoms with Crippen LogP contribution < -0.4 is 10.6 Å². The van der Waals surface area contributed by atoms with Crippen LogP contribution >= 0.6 is 11.6 Å². The van der Waals surface area contributed by atoms with E-state index in [0.29, 0.717) is 24.7 Å². The number of halogens is 1. The second-order valence-corrected chi connectivity index (χ2v) is 4.78. The van der Waals surface area contributed by atoms with E-state index in [2.05, 4.69) is 10.6 Å². The molecule has 3 rings (SSSR count). The van der Waals surface area contributed by atoms with Crippen molar-refractivity contribution in [1.82, 2.24) is 10.6 Å². The second-order valence-electron chi connectivity index (χ2n) is 4.44. The van der Waals surface area contributed by atoms with Crippen LogP contribution in [-0.4, -0.2) is 18.5 Å². The summed E-state index contributed by atoms with van der Waals surface area (Å²) in [5.74, 6) is 0.0932. The predicted octanol–water partition coefficient (Wildman–Crippen LogP) is 2.06. The van der Waals surface area contributed by atoms with Crippen molar-refractivity contribution in [3.63, 3.8) is 0 Å². The molecule has 4 nitrogen and oxygen atoms in total. The van der Waals surface area contributed by atoms with Gasteiger partial charge in [0.25, 0.3) is 0 Å². The minimum Gasteiger partial charge on any atom is -0.444 e. The topological polar surface area (TPSA) is 54.3 Å². The van der Waals surface area contributed by atoms with Gasteiger partial charge in [-0.2, -0.15) is 0 Å². The Kier molecular flexibility index (Phi) is 2.97. The van der Waals surface area contributed by atoms with Crippen LogP contribution in [0.15, 0.2) is 28.7 Å². The molecule has 0 bridgehead atoms. The van der Waals surface area contributed by atoms with Crippen LogP contribution in [0.5, 0.6) is 0 Å². The van der Waals surface area contributed by atoms with Crippen molar-refractivity contribution in [3.8, 4) is 0 Å². The van der Waals surface area contributed by atoms with Gasteiger partial charge < -0.3 is 15.1 Å². The van der Waals surface area contributed by atoms with E-state index in [1.165, 1.54) is 0 Å². The van der Waals surface area contributed by atoms with Crippen molar-refractivity contribution >= 4 is 28.5 Å². The Hall–Kier alpha value is -1.52. The standard InChI is InChI=1S/C13H13ClN2O2/c14-13-10(7-15-8-5-12(17)16-6-8)9-3-1-2-4-11(9)18-13/h1-4,8,15H,5-7H2,(H,16,17). The van der Waals surface area contributed by atoms with Crippen molar-refractivity contribution in [2.45, 2.75) is 19.0 Å². The highest BCUT2D eigenvalue weighted by atomic mass is 35.5. The number of amides is 1. The first-order valence-electron chi connectivity index (χ1n) is 5.90. The SMILES string of the molecule is O=C1CC(NCc2c(Cl)oc3ccccc23)CN1. The van der Waals surface area contributed by atoms with Crippen LogP contribution in [0.2, 0.25) is 5.22 Å². The van der Waals surface area contributed by atoms with Gasteiger partial charge in [-0.3, -0.25) is 4.79 Å². The van der Waals surface area contributed by atoms with Gasteiger partial charge in [0.1, 0.15) is 5.58 Å². The molecule has 5 heteroatoms. The third kappa shape index (κ3) is 2.09. The molecule has 1 amide bonds. The molecule has 18 heavy (non-hydrogen) atoms. The zero-order chi connectivity index (χ0) is 12.5. The van der Waals surface area contributed by atoms with E-state index in [9.17, 15) is 4.79 Å². The number of nitrogens with one attached hydrogen (secondary N) is 2. The Balaban J connectivity index is 1.78. The Morgan fingerprint density at radius 1 is 1.44 bits per heavy atom. The second kappa shape index (κ2) is 4.63. The summed E-state index contributed by atoms with van der Waals surface area (Å²) >= 11 is 6.09. The lowest BCUT2D eigenvalue weighted by atomic mass is 10.1. The van der Waals surface area contributed by atoms with E-state index < -0.39 is 0 Å². The monoisotopic (exact) mass is 264 g/mol. The first-order chi connectivity index (χ1) is 8.74. The predicted molar refractivity (Wildman–Crippen MR) is 69.5 cm³/mol. The van der Waals surface area contributed by atoms with Gasteiger partial charge >= 0.3 is 0 Å². The summed E-state index contributed by atoms with van der Waals surface area (Å²) < 4.78 is 5.48. The maximum Gasteiger partial charge on any atom is 0.221 e. The molecule has 0 aliphatic carbocycles. The van der Waals surface area contributed by atoms with E-state index in [1.54, 1.807) is 0 Å². The largest absolute Gasteiger partial charge is 0.444 e. The van der Waals surface area contributed by atoms with Crippen LogP contribution in [0.4, 0.5) is 0 Å². The smallest absolute Gasteiger partial charge is 0.221 e. The van der Waals surface area contributed by atoms with E-state index in [4.69, 9.17) is 16.0 Å². The molecule has 0 saturated carbocycles. The quantitative estimate of drug-likeness (QED) is 0.892. The Morgan fingerprint density at radius 2 is 2.28 bits per heavy atom. The van der Waals surface area contributed by atoms with Crippen molar-refractivity contribution in [3.05, 3.63) is 35.0 Å². The van der Waals surface area contributed by atoms with Crippen LogP contribution in [0.1, 0.15) is 12.0 Å². The maximum atomic E-state index is 11.1. The lowest BCUT2D eigenvalue weighted by molar-refractivity contribution is -0.119. The fourth-order valence-corrected chi connectivity index (χ4v) is 2.48. The molecule has 2 heterocycles. The molecule has 0 radical (unpaired) electrons. The molecule has 2 aromatic rings. The van der Waals surface area contributed by atoms with Gasteiger partial charge in [0.05, 0.1) is 0 Å². The molecule has 2 N–H and O–H groups in total. The molecule has 1 aliphatic heterocycles. The van der Waals surface area contributed by atoms with Crippen LogP contribution in [-0.2, 0) is 11.3 Å². The summed E-state index contributed by atoms with van der Waals surface area (Å²) in [6.07, 6.45) is 0.521. The molecule has 1 fully saturated rings. The number of fused-ring (bicyclic) bond motifs is 1. The van der Waals surface area contributed by atoms with Gasteiger partial charge in [0.2, 0.25) is 5.91 Å². The average Bonchev–Trinajstić information content (AvgIpc) is 2.90. The number of hydrogen-bond donors (Lipinski definition) is 2. The van der Waals surface area contributed by atoms with E-state index in [-0.39, 0.29) is 11.9 Å². The van der Waals surface area contributed by atoms with Crippen molar-refractivity contribution in [2.75, 3.05) is 6.54 Å². The highest BCUT2D eigenvalue weighted by Gasteiger charge is 2.21. The minimum atomic E-state index is 0.0932. The van der Waals surface area contributed by atoms with Crippen LogP contribution in [0, 0.1) is 0 Å². The fraction of sp³-hybridized carbons (Fsp3) is 0.308. The summed E-state index contributed by atoms with van der Waals surface area (Å²) in [5, 5.41) is 7.55. The molecule has 94 valence electrons. The molecule has 1 aromatic heterocycles.